The minimum atomic E-state index is 0.485. The average Bonchev–Trinajstić information content (AvgIpc) is 2.87. The normalized spacial score (nSPS) is 30.3. The summed E-state index contributed by atoms with van der Waals surface area (Å²) in [6, 6.07) is 0.485. The molecule has 0 radical (unpaired) electrons. The molecular weight excluding hydrogens is 138 g/mol. The monoisotopic (exact) mass is 155 g/mol. The van der Waals surface area contributed by atoms with Crippen molar-refractivity contribution in [3.63, 3.8) is 0 Å². The van der Waals surface area contributed by atoms with Gasteiger partial charge in [0, 0.05) is 19.3 Å². The molecule has 1 heterocycles. The van der Waals surface area contributed by atoms with Crippen LogP contribution in [0.2, 0.25) is 0 Å². The summed E-state index contributed by atoms with van der Waals surface area (Å²) in [6.45, 7) is 1.87. The first-order valence-corrected chi connectivity index (χ1v) is 4.71. The van der Waals surface area contributed by atoms with Gasteiger partial charge >= 0.3 is 0 Å². The zero-order valence-corrected chi connectivity index (χ0v) is 6.96. The van der Waals surface area contributed by atoms with Gasteiger partial charge in [-0.05, 0) is 37.5 Å². The maximum atomic E-state index is 6.10. The van der Waals surface area contributed by atoms with Gasteiger partial charge in [0.2, 0.25) is 0 Å². The van der Waals surface area contributed by atoms with Crippen molar-refractivity contribution in [1.82, 2.24) is 0 Å². The summed E-state index contributed by atoms with van der Waals surface area (Å²) < 4.78 is 5.29. The van der Waals surface area contributed by atoms with Gasteiger partial charge in [-0.1, -0.05) is 0 Å². The van der Waals surface area contributed by atoms with E-state index in [1.54, 1.807) is 0 Å². The minimum absolute atomic E-state index is 0.485. The van der Waals surface area contributed by atoms with Gasteiger partial charge in [-0.25, -0.2) is 0 Å². The molecule has 1 aliphatic heterocycles. The molecule has 2 nitrogen and oxygen atoms in total. The molecule has 11 heavy (non-hydrogen) atoms. The van der Waals surface area contributed by atoms with Crippen molar-refractivity contribution >= 4 is 0 Å². The van der Waals surface area contributed by atoms with Crippen molar-refractivity contribution < 1.29 is 4.74 Å². The first kappa shape index (κ1) is 7.56. The van der Waals surface area contributed by atoms with Crippen LogP contribution in [0.3, 0.4) is 0 Å². The highest BCUT2D eigenvalue weighted by molar-refractivity contribution is 4.89. The summed E-state index contributed by atoms with van der Waals surface area (Å²) in [7, 11) is 0. The van der Waals surface area contributed by atoms with Crippen molar-refractivity contribution in [3.8, 4) is 0 Å². The Bertz CT molecular complexity index is 128. The first-order chi connectivity index (χ1) is 5.38. The standard InChI is InChI=1S/C9H17NO/c10-9(7-1-2-7)8-3-5-11-6-4-8/h7-9H,1-6,10H2/t9-/m1/s1. The Morgan fingerprint density at radius 1 is 1.00 bits per heavy atom. The molecule has 0 aromatic heterocycles. The average molecular weight is 155 g/mol. The van der Waals surface area contributed by atoms with E-state index in [1.807, 2.05) is 0 Å². The van der Waals surface area contributed by atoms with E-state index in [1.165, 1.54) is 25.7 Å². The Morgan fingerprint density at radius 2 is 1.55 bits per heavy atom. The van der Waals surface area contributed by atoms with Crippen molar-refractivity contribution in [3.05, 3.63) is 0 Å². The van der Waals surface area contributed by atoms with Crippen LogP contribution in [-0.2, 0) is 4.74 Å². The Balaban J connectivity index is 1.81. The van der Waals surface area contributed by atoms with E-state index in [0.717, 1.165) is 25.0 Å². The van der Waals surface area contributed by atoms with Gasteiger partial charge in [0.05, 0.1) is 0 Å². The Kier molecular flexibility index (Phi) is 2.14. The van der Waals surface area contributed by atoms with Gasteiger partial charge < -0.3 is 10.5 Å². The summed E-state index contributed by atoms with van der Waals surface area (Å²) in [5.74, 6) is 1.62. The van der Waals surface area contributed by atoms with Crippen LogP contribution in [0, 0.1) is 11.8 Å². The second-order valence-corrected chi connectivity index (χ2v) is 3.86. The molecule has 0 aromatic rings. The molecule has 2 N–H and O–H groups in total. The summed E-state index contributed by atoms with van der Waals surface area (Å²) in [6.07, 6.45) is 5.13. The third-order valence-electron chi connectivity index (χ3n) is 2.98. The van der Waals surface area contributed by atoms with Crippen molar-refractivity contribution in [2.75, 3.05) is 13.2 Å². The molecule has 1 saturated carbocycles. The van der Waals surface area contributed by atoms with Crippen LogP contribution in [0.15, 0.2) is 0 Å². The van der Waals surface area contributed by atoms with E-state index in [0.29, 0.717) is 6.04 Å². The second kappa shape index (κ2) is 3.11. The Morgan fingerprint density at radius 3 is 2.09 bits per heavy atom. The van der Waals surface area contributed by atoms with E-state index in [2.05, 4.69) is 0 Å². The van der Waals surface area contributed by atoms with Crippen LogP contribution >= 0.6 is 0 Å². The molecule has 1 aliphatic carbocycles. The summed E-state index contributed by atoms with van der Waals surface area (Å²) in [5.41, 5.74) is 6.10. The first-order valence-electron chi connectivity index (χ1n) is 4.71. The highest BCUT2D eigenvalue weighted by atomic mass is 16.5. The molecular formula is C9H17NO. The maximum Gasteiger partial charge on any atom is 0.0469 e. The summed E-state index contributed by atoms with van der Waals surface area (Å²) >= 11 is 0. The predicted molar refractivity (Wildman–Crippen MR) is 44.2 cm³/mol. The topological polar surface area (TPSA) is 35.2 Å². The highest BCUT2D eigenvalue weighted by Gasteiger charge is 2.34. The quantitative estimate of drug-likeness (QED) is 0.649. The molecule has 2 aliphatic rings. The lowest BCUT2D eigenvalue weighted by molar-refractivity contribution is 0.0560. The van der Waals surface area contributed by atoms with Crippen LogP contribution in [0.5, 0.6) is 0 Å². The minimum Gasteiger partial charge on any atom is -0.381 e. The zero-order valence-electron chi connectivity index (χ0n) is 6.96. The largest absolute Gasteiger partial charge is 0.381 e. The third kappa shape index (κ3) is 1.74. The second-order valence-electron chi connectivity index (χ2n) is 3.86. The predicted octanol–water partition coefficient (Wildman–Crippen LogP) is 1.15. The molecule has 2 rings (SSSR count). The smallest absolute Gasteiger partial charge is 0.0469 e. The van der Waals surface area contributed by atoms with Gasteiger partial charge in [-0.3, -0.25) is 0 Å². The fraction of sp³-hybridized carbons (Fsp3) is 1.00. The lowest BCUT2D eigenvalue weighted by atomic mass is 9.89. The van der Waals surface area contributed by atoms with Gasteiger partial charge in [-0.2, -0.15) is 0 Å². The van der Waals surface area contributed by atoms with Crippen molar-refractivity contribution in [2.24, 2.45) is 17.6 Å². The van der Waals surface area contributed by atoms with Crippen LogP contribution in [0.25, 0.3) is 0 Å². The molecule has 0 aromatic carbocycles. The third-order valence-corrected chi connectivity index (χ3v) is 2.98. The van der Waals surface area contributed by atoms with E-state index >= 15 is 0 Å². The highest BCUT2D eigenvalue weighted by Crippen LogP contribution is 2.37. The van der Waals surface area contributed by atoms with Crippen molar-refractivity contribution in [2.45, 2.75) is 31.7 Å². The fourth-order valence-corrected chi connectivity index (χ4v) is 1.97. The molecule has 1 atom stereocenters. The van der Waals surface area contributed by atoms with E-state index in [9.17, 15) is 0 Å². The van der Waals surface area contributed by atoms with E-state index in [4.69, 9.17) is 10.5 Å². The molecule has 0 bridgehead atoms. The molecule has 1 saturated heterocycles. The van der Waals surface area contributed by atoms with E-state index in [-0.39, 0.29) is 0 Å². The Labute approximate surface area is 68.1 Å². The molecule has 0 amide bonds. The summed E-state index contributed by atoms with van der Waals surface area (Å²) in [4.78, 5) is 0. The lowest BCUT2D eigenvalue weighted by Gasteiger charge is -2.27. The zero-order chi connectivity index (χ0) is 7.68. The van der Waals surface area contributed by atoms with Crippen LogP contribution in [-0.4, -0.2) is 19.3 Å². The van der Waals surface area contributed by atoms with Gasteiger partial charge in [0.1, 0.15) is 0 Å². The van der Waals surface area contributed by atoms with Crippen molar-refractivity contribution in [1.29, 1.82) is 0 Å². The number of rotatable bonds is 2. The number of nitrogens with two attached hydrogens (primary N) is 1. The molecule has 64 valence electrons. The molecule has 0 spiro atoms. The summed E-state index contributed by atoms with van der Waals surface area (Å²) in [5, 5.41) is 0. The Hall–Kier alpha value is -0.0800. The number of ether oxygens (including phenoxy) is 1. The molecule has 2 heteroatoms. The number of hydrogen-bond acceptors (Lipinski definition) is 2. The SMILES string of the molecule is N[C@@H](C1CCOCC1)C1CC1. The maximum absolute atomic E-state index is 6.10. The van der Waals surface area contributed by atoms with Crippen LogP contribution in [0.1, 0.15) is 25.7 Å². The number of hydrogen-bond donors (Lipinski definition) is 1. The van der Waals surface area contributed by atoms with Gasteiger partial charge in [-0.15, -0.1) is 0 Å². The van der Waals surface area contributed by atoms with E-state index < -0.39 is 0 Å². The lowest BCUT2D eigenvalue weighted by Crippen LogP contribution is -2.35. The van der Waals surface area contributed by atoms with Gasteiger partial charge in [0.25, 0.3) is 0 Å². The molecule has 0 unspecified atom stereocenters. The molecule has 2 fully saturated rings. The van der Waals surface area contributed by atoms with Crippen LogP contribution in [0.4, 0.5) is 0 Å². The fourth-order valence-electron chi connectivity index (χ4n) is 1.97. The van der Waals surface area contributed by atoms with Gasteiger partial charge in [0.15, 0.2) is 0 Å². The van der Waals surface area contributed by atoms with Crippen LogP contribution < -0.4 is 5.73 Å².